The summed E-state index contributed by atoms with van der Waals surface area (Å²) in [5, 5.41) is 7.92. The first-order valence-electron chi connectivity index (χ1n) is 19.7. The normalized spacial score (nSPS) is 10.6. The van der Waals surface area contributed by atoms with Gasteiger partial charge in [-0.15, -0.1) is 0 Å². The first-order chi connectivity index (χ1) is 26.9. The van der Waals surface area contributed by atoms with Crippen molar-refractivity contribution < 1.29 is 0 Å². The summed E-state index contributed by atoms with van der Waals surface area (Å²) in [4.78, 5) is 4.32. The van der Waals surface area contributed by atoms with Crippen LogP contribution in [0.3, 0.4) is 0 Å². The van der Waals surface area contributed by atoms with Gasteiger partial charge in [-0.05, 0) is 136 Å². The highest BCUT2D eigenvalue weighted by atomic mass is 14.8. The molecule has 0 aliphatic heterocycles. The van der Waals surface area contributed by atoms with Crippen LogP contribution in [0.25, 0.3) is 22.3 Å². The summed E-state index contributed by atoms with van der Waals surface area (Å²) in [5.41, 5.74) is 20.5. The van der Waals surface area contributed by atoms with E-state index in [1.807, 2.05) is 67.6 Å². The first kappa shape index (κ1) is 42.9. The lowest BCUT2D eigenvalue weighted by molar-refractivity contribution is 1.14. The smallest absolute Gasteiger partial charge is 0.152 e. The van der Waals surface area contributed by atoms with Gasteiger partial charge in [0.15, 0.2) is 5.84 Å². The summed E-state index contributed by atoms with van der Waals surface area (Å²) in [6.45, 7) is 21.6. The second-order valence-electron chi connectivity index (χ2n) is 14.9. The Morgan fingerprint density at radius 2 is 1.02 bits per heavy atom. The van der Waals surface area contributed by atoms with Gasteiger partial charge in [0.25, 0.3) is 0 Å². The predicted molar refractivity (Wildman–Crippen MR) is 246 cm³/mol. The van der Waals surface area contributed by atoms with Crippen LogP contribution >= 0.6 is 0 Å². The lowest BCUT2D eigenvalue weighted by Crippen LogP contribution is -2.01. The third kappa shape index (κ3) is 12.6. The molecule has 0 atom stereocenters. The molecule has 286 valence electrons. The third-order valence-corrected chi connectivity index (χ3v) is 10.2. The Hall–Kier alpha value is -5.86. The number of aryl methyl sites for hydroxylation is 3. The van der Waals surface area contributed by atoms with Gasteiger partial charge in [-0.1, -0.05) is 175 Å². The molecular weight excluding hydrogens is 677 g/mol. The summed E-state index contributed by atoms with van der Waals surface area (Å²) in [6, 6.07) is 52.7. The number of allylic oxidation sites excluding steroid dienone is 4. The highest BCUT2D eigenvalue weighted by molar-refractivity contribution is 6.10. The Morgan fingerprint density at radius 1 is 0.500 bits per heavy atom. The van der Waals surface area contributed by atoms with Crippen LogP contribution in [0.2, 0.25) is 0 Å². The fourth-order valence-electron chi connectivity index (χ4n) is 6.43. The predicted octanol–water partition coefficient (Wildman–Crippen LogP) is 15.0. The number of hydrogen-bond acceptors (Lipinski definition) is 1. The minimum Gasteiger partial charge on any atom is -0.282 e. The highest BCUT2D eigenvalue weighted by Crippen LogP contribution is 2.28. The van der Waals surface area contributed by atoms with E-state index >= 15 is 0 Å². The van der Waals surface area contributed by atoms with Crippen molar-refractivity contribution in [1.29, 1.82) is 5.41 Å². The van der Waals surface area contributed by atoms with Crippen LogP contribution in [0.4, 0.5) is 0 Å². The van der Waals surface area contributed by atoms with E-state index in [0.29, 0.717) is 5.84 Å². The molecule has 0 fully saturated rings. The first-order valence-corrected chi connectivity index (χ1v) is 19.7. The molecule has 0 radical (unpaired) electrons. The molecule has 6 aromatic carbocycles. The van der Waals surface area contributed by atoms with Gasteiger partial charge in [-0.3, -0.25) is 5.41 Å². The van der Waals surface area contributed by atoms with E-state index in [9.17, 15) is 0 Å². The summed E-state index contributed by atoms with van der Waals surface area (Å²) in [5.74, 6) is 0.298. The number of hydrogen-bond donors (Lipinski definition) is 1. The van der Waals surface area contributed by atoms with E-state index in [-0.39, 0.29) is 0 Å². The van der Waals surface area contributed by atoms with Gasteiger partial charge >= 0.3 is 0 Å². The molecule has 0 unspecified atom stereocenters. The number of nitrogens with zero attached hydrogens (tertiary/aromatic N) is 1. The largest absolute Gasteiger partial charge is 0.282 e. The molecule has 6 aromatic rings. The zero-order valence-electron chi connectivity index (χ0n) is 35.3. The molecule has 0 spiro atoms. The lowest BCUT2D eigenvalue weighted by Gasteiger charge is -2.13. The topological polar surface area (TPSA) is 36.2 Å². The maximum atomic E-state index is 7.92. The van der Waals surface area contributed by atoms with Crippen molar-refractivity contribution >= 4 is 22.7 Å². The van der Waals surface area contributed by atoms with Crippen LogP contribution < -0.4 is 0 Å². The van der Waals surface area contributed by atoms with Crippen molar-refractivity contribution in [1.82, 2.24) is 0 Å². The number of rotatable bonds is 8. The van der Waals surface area contributed by atoms with Crippen molar-refractivity contribution in [3.8, 4) is 11.1 Å². The second-order valence-corrected chi connectivity index (χ2v) is 14.9. The van der Waals surface area contributed by atoms with Crippen LogP contribution in [0, 0.1) is 19.3 Å². The zero-order valence-corrected chi connectivity index (χ0v) is 35.3. The minimum atomic E-state index is 0.298. The van der Waals surface area contributed by atoms with Gasteiger partial charge in [0.2, 0.25) is 0 Å². The van der Waals surface area contributed by atoms with Crippen molar-refractivity contribution in [2.45, 2.75) is 82.1 Å². The molecule has 1 N–H and O–H groups in total. The summed E-state index contributed by atoms with van der Waals surface area (Å²) >= 11 is 0. The standard InChI is InChI=1S/C27H30.C15H14N2.C12H16/c1-6-22-11-13-24(14-12-22)26-16-20(4)15-23(18-26)17-25-9-7-8-10-27(25)21(5)19(2)3;1-12(13-8-4-2-5-9-13)17-15(16)14-10-6-3-7-11-14;1-9(2)11(4)12-8-6-5-7-10(12)3/h7-16,18H,6,17H2,1-5H3;2-11,16H,1H3;5-8H,1-4H3. The molecule has 6 rings (SSSR count). The average Bonchev–Trinajstić information content (AvgIpc) is 3.21. The van der Waals surface area contributed by atoms with E-state index in [1.165, 1.54) is 72.4 Å². The maximum absolute atomic E-state index is 7.92. The van der Waals surface area contributed by atoms with Gasteiger partial charge in [0.05, 0.1) is 0 Å². The number of benzene rings is 6. The van der Waals surface area contributed by atoms with Crippen LogP contribution in [0.15, 0.2) is 168 Å². The quantitative estimate of drug-likeness (QED) is 0.119. The maximum Gasteiger partial charge on any atom is 0.152 e. The van der Waals surface area contributed by atoms with E-state index < -0.39 is 0 Å². The number of nitrogens with one attached hydrogen (secondary N) is 1. The second kappa shape index (κ2) is 21.3. The molecule has 0 aliphatic rings. The fraction of sp³-hybridized carbons (Fsp3) is 0.222. The van der Waals surface area contributed by atoms with E-state index in [4.69, 9.17) is 5.41 Å². The fourth-order valence-corrected chi connectivity index (χ4v) is 6.43. The van der Waals surface area contributed by atoms with Gasteiger partial charge in [0.1, 0.15) is 0 Å². The minimum absolute atomic E-state index is 0.298. The molecule has 56 heavy (non-hydrogen) atoms. The van der Waals surface area contributed by atoms with Crippen LogP contribution in [0.5, 0.6) is 0 Å². The van der Waals surface area contributed by atoms with E-state index in [1.54, 1.807) is 0 Å². The number of aliphatic imine (C=N–C) groups is 1. The monoisotopic (exact) mass is 736 g/mol. The SMILES string of the molecule is CC(=NC(=N)c1ccccc1)c1ccccc1.CC(C)=C(C)c1ccccc1C.CCc1ccc(-c2cc(C)cc(Cc3ccccc3C(C)=C(C)C)c2)cc1. The van der Waals surface area contributed by atoms with Gasteiger partial charge in [-0.2, -0.15) is 0 Å². The van der Waals surface area contributed by atoms with E-state index in [0.717, 1.165) is 29.7 Å². The highest BCUT2D eigenvalue weighted by Gasteiger charge is 2.09. The van der Waals surface area contributed by atoms with Gasteiger partial charge in [0, 0.05) is 11.3 Å². The van der Waals surface area contributed by atoms with Crippen molar-refractivity contribution in [2.75, 3.05) is 0 Å². The van der Waals surface area contributed by atoms with Crippen molar-refractivity contribution in [2.24, 2.45) is 4.99 Å². The molecule has 2 heteroatoms. The number of amidine groups is 1. The van der Waals surface area contributed by atoms with Crippen LogP contribution in [0.1, 0.15) is 105 Å². The summed E-state index contributed by atoms with van der Waals surface area (Å²) in [6.07, 6.45) is 2.04. The zero-order chi connectivity index (χ0) is 40.6. The Balaban J connectivity index is 0.000000205. The Labute approximate surface area is 337 Å². The average molecular weight is 737 g/mol. The third-order valence-electron chi connectivity index (χ3n) is 10.2. The lowest BCUT2D eigenvalue weighted by atomic mass is 9.91. The van der Waals surface area contributed by atoms with E-state index in [2.05, 4.69) is 158 Å². The summed E-state index contributed by atoms with van der Waals surface area (Å²) in [7, 11) is 0. The molecule has 0 saturated heterocycles. The Kier molecular flexibility index (Phi) is 16.3. The van der Waals surface area contributed by atoms with Gasteiger partial charge in [-0.25, -0.2) is 4.99 Å². The molecule has 0 saturated carbocycles. The summed E-state index contributed by atoms with van der Waals surface area (Å²) < 4.78 is 0. The van der Waals surface area contributed by atoms with Crippen molar-refractivity contribution in [3.63, 3.8) is 0 Å². The molecule has 0 aromatic heterocycles. The molecule has 0 heterocycles. The van der Waals surface area contributed by atoms with Crippen LogP contribution in [-0.4, -0.2) is 11.5 Å². The van der Waals surface area contributed by atoms with Crippen molar-refractivity contribution in [3.05, 3.63) is 213 Å². The van der Waals surface area contributed by atoms with Crippen LogP contribution in [-0.2, 0) is 12.8 Å². The molecule has 0 aliphatic carbocycles. The molecule has 0 amide bonds. The molecule has 0 bridgehead atoms. The molecular formula is C54H60N2. The van der Waals surface area contributed by atoms with Gasteiger partial charge < -0.3 is 0 Å². The molecule has 2 nitrogen and oxygen atoms in total. The Bertz CT molecular complexity index is 2280. The Morgan fingerprint density at radius 3 is 1.59 bits per heavy atom.